The van der Waals surface area contributed by atoms with Gasteiger partial charge in [0.15, 0.2) is 11.5 Å². The van der Waals surface area contributed by atoms with Gasteiger partial charge in [0.2, 0.25) is 5.91 Å². The Morgan fingerprint density at radius 3 is 2.16 bits per heavy atom. The number of hydrogen-bond acceptors (Lipinski definition) is 7. The Kier molecular flexibility index (Phi) is 11.0. The number of methoxy groups -OCH3 is 2. The number of nitrogens with one attached hydrogen (secondary N) is 3. The number of carbonyl (C=O) groups is 4. The van der Waals surface area contributed by atoms with Crippen LogP contribution in [0.5, 0.6) is 11.5 Å². The number of para-hydroxylation sites is 1. The van der Waals surface area contributed by atoms with Crippen molar-refractivity contribution >= 4 is 52.9 Å². The smallest absolute Gasteiger partial charge is 0.335 e. The third-order valence-electron chi connectivity index (χ3n) is 6.44. The lowest BCUT2D eigenvalue weighted by Crippen LogP contribution is -2.30. The van der Waals surface area contributed by atoms with Gasteiger partial charge >= 0.3 is 5.97 Å². The quantitative estimate of drug-likeness (QED) is 0.112. The minimum absolute atomic E-state index is 0.0323. The van der Waals surface area contributed by atoms with E-state index in [2.05, 4.69) is 16.0 Å². The van der Waals surface area contributed by atoms with Crippen LogP contribution in [0.3, 0.4) is 0 Å². The normalized spacial score (nSPS) is 11.6. The van der Waals surface area contributed by atoms with E-state index in [1.54, 1.807) is 79.7 Å². The molecule has 11 heteroatoms. The van der Waals surface area contributed by atoms with Gasteiger partial charge < -0.3 is 30.5 Å². The lowest BCUT2D eigenvalue weighted by molar-refractivity contribution is -0.115. The van der Waals surface area contributed by atoms with Crippen LogP contribution in [0, 0.1) is 0 Å². The Hall–Kier alpha value is -5.55. The van der Waals surface area contributed by atoms with Crippen LogP contribution in [-0.2, 0) is 9.59 Å². The van der Waals surface area contributed by atoms with Gasteiger partial charge in [0.25, 0.3) is 11.8 Å². The standard InChI is InChI=1S/C34H31N3O7S/c1-21(31(38)35-25-17-15-23(16-18-25)34(41)42)45-27-13-8-12-26(20-27)36-33(40)28(37-32(39)22-9-5-4-6-10-22)19-24-11-7-14-29(43-2)30(24)44-3/h4-21H,1-3H3,(H,35,38)(H,36,40)(H,37,39)(H,41,42)/b28-19+. The van der Waals surface area contributed by atoms with Crippen molar-refractivity contribution in [2.45, 2.75) is 17.1 Å². The Morgan fingerprint density at radius 2 is 1.49 bits per heavy atom. The van der Waals surface area contributed by atoms with Crippen LogP contribution in [-0.4, -0.2) is 48.3 Å². The van der Waals surface area contributed by atoms with Crippen molar-refractivity contribution in [2.24, 2.45) is 0 Å². The molecule has 0 radical (unpaired) electrons. The highest BCUT2D eigenvalue weighted by Gasteiger charge is 2.19. The van der Waals surface area contributed by atoms with Crippen molar-refractivity contribution in [1.29, 1.82) is 0 Å². The molecular weight excluding hydrogens is 594 g/mol. The summed E-state index contributed by atoms with van der Waals surface area (Å²) in [5, 5.41) is 16.9. The number of carboxylic acid groups (broad SMARTS) is 1. The first-order valence-electron chi connectivity index (χ1n) is 13.7. The van der Waals surface area contributed by atoms with Crippen molar-refractivity contribution in [2.75, 3.05) is 24.9 Å². The molecule has 0 spiro atoms. The first-order chi connectivity index (χ1) is 21.7. The molecule has 3 amide bonds. The summed E-state index contributed by atoms with van der Waals surface area (Å²) in [4.78, 5) is 51.2. The van der Waals surface area contributed by atoms with Gasteiger partial charge in [-0.1, -0.05) is 36.4 Å². The number of amides is 3. The fraction of sp³-hybridized carbons (Fsp3) is 0.118. The summed E-state index contributed by atoms with van der Waals surface area (Å²) in [5.41, 5.74) is 1.89. The van der Waals surface area contributed by atoms with Gasteiger partial charge in [0, 0.05) is 27.4 Å². The maximum atomic E-state index is 13.6. The number of hydrogen-bond donors (Lipinski definition) is 4. The zero-order chi connectivity index (χ0) is 32.3. The van der Waals surface area contributed by atoms with Crippen molar-refractivity contribution < 1.29 is 33.8 Å². The molecule has 0 heterocycles. The summed E-state index contributed by atoms with van der Waals surface area (Å²) in [5.74, 6) is -1.53. The molecule has 230 valence electrons. The van der Waals surface area contributed by atoms with E-state index < -0.39 is 23.0 Å². The predicted octanol–water partition coefficient (Wildman–Crippen LogP) is 5.93. The summed E-state index contributed by atoms with van der Waals surface area (Å²) in [6.45, 7) is 1.73. The van der Waals surface area contributed by atoms with Crippen LogP contribution in [0.2, 0.25) is 0 Å². The molecular formula is C34H31N3O7S. The van der Waals surface area contributed by atoms with Crippen LogP contribution >= 0.6 is 11.8 Å². The van der Waals surface area contributed by atoms with Crippen LogP contribution in [0.1, 0.15) is 33.2 Å². The van der Waals surface area contributed by atoms with E-state index in [9.17, 15) is 19.2 Å². The molecule has 0 aliphatic rings. The third-order valence-corrected chi connectivity index (χ3v) is 7.53. The topological polar surface area (TPSA) is 143 Å². The Balaban J connectivity index is 1.52. The summed E-state index contributed by atoms with van der Waals surface area (Å²) >= 11 is 1.28. The van der Waals surface area contributed by atoms with E-state index in [0.717, 1.165) is 0 Å². The summed E-state index contributed by atoms with van der Waals surface area (Å²) in [6.07, 6.45) is 1.51. The summed E-state index contributed by atoms with van der Waals surface area (Å²) in [6, 6.07) is 26.5. The average Bonchev–Trinajstić information content (AvgIpc) is 3.04. The minimum atomic E-state index is -1.05. The predicted molar refractivity (Wildman–Crippen MR) is 174 cm³/mol. The van der Waals surface area contributed by atoms with Gasteiger partial charge in [-0.3, -0.25) is 14.4 Å². The third kappa shape index (κ3) is 8.74. The van der Waals surface area contributed by atoms with Crippen LogP contribution < -0.4 is 25.4 Å². The molecule has 0 aliphatic carbocycles. The van der Waals surface area contributed by atoms with Crippen molar-refractivity contribution in [3.8, 4) is 11.5 Å². The molecule has 0 saturated carbocycles. The molecule has 0 aliphatic heterocycles. The lowest BCUT2D eigenvalue weighted by Gasteiger charge is -2.15. The molecule has 0 fully saturated rings. The number of benzene rings is 4. The first-order valence-corrected chi connectivity index (χ1v) is 14.6. The van der Waals surface area contributed by atoms with Gasteiger partial charge in [0.1, 0.15) is 5.70 Å². The van der Waals surface area contributed by atoms with E-state index in [0.29, 0.717) is 38.9 Å². The second kappa shape index (κ2) is 15.3. The van der Waals surface area contributed by atoms with E-state index in [4.69, 9.17) is 14.6 Å². The molecule has 4 rings (SSSR count). The monoisotopic (exact) mass is 625 g/mol. The fourth-order valence-electron chi connectivity index (χ4n) is 4.17. The molecule has 4 N–H and O–H groups in total. The average molecular weight is 626 g/mol. The van der Waals surface area contributed by atoms with Crippen LogP contribution in [0.15, 0.2) is 108 Å². The largest absolute Gasteiger partial charge is 0.493 e. The number of ether oxygens (including phenoxy) is 2. The van der Waals surface area contributed by atoms with E-state index in [-0.39, 0.29) is 17.2 Å². The SMILES string of the molecule is COc1cccc(/C=C(/NC(=O)c2ccccc2)C(=O)Nc2cccc(SC(C)C(=O)Nc3ccc(C(=O)O)cc3)c2)c1OC. The minimum Gasteiger partial charge on any atom is -0.493 e. The molecule has 10 nitrogen and oxygen atoms in total. The molecule has 4 aromatic carbocycles. The van der Waals surface area contributed by atoms with Gasteiger partial charge in [-0.25, -0.2) is 4.79 Å². The number of aromatic carboxylic acids is 1. The summed E-state index contributed by atoms with van der Waals surface area (Å²) < 4.78 is 10.9. The van der Waals surface area contributed by atoms with Gasteiger partial charge in [-0.15, -0.1) is 11.8 Å². The van der Waals surface area contributed by atoms with E-state index in [1.807, 2.05) is 0 Å². The van der Waals surface area contributed by atoms with Crippen molar-refractivity contribution in [1.82, 2.24) is 5.32 Å². The number of thioether (sulfide) groups is 1. The second-order valence-electron chi connectivity index (χ2n) is 9.57. The first kappa shape index (κ1) is 32.4. The highest BCUT2D eigenvalue weighted by Crippen LogP contribution is 2.32. The Labute approximate surface area is 264 Å². The molecule has 1 unspecified atom stereocenters. The maximum absolute atomic E-state index is 13.6. The Morgan fingerprint density at radius 1 is 0.778 bits per heavy atom. The van der Waals surface area contributed by atoms with Gasteiger partial charge in [-0.2, -0.15) is 0 Å². The highest BCUT2D eigenvalue weighted by atomic mass is 32.2. The van der Waals surface area contributed by atoms with Gasteiger partial charge in [-0.05, 0) is 73.7 Å². The molecule has 4 aromatic rings. The molecule has 0 aromatic heterocycles. The fourth-order valence-corrected chi connectivity index (χ4v) is 5.09. The lowest BCUT2D eigenvalue weighted by atomic mass is 10.1. The van der Waals surface area contributed by atoms with Crippen molar-refractivity contribution in [3.63, 3.8) is 0 Å². The highest BCUT2D eigenvalue weighted by molar-refractivity contribution is 8.00. The molecule has 45 heavy (non-hydrogen) atoms. The number of carboxylic acids is 1. The molecule has 0 bridgehead atoms. The van der Waals surface area contributed by atoms with Gasteiger partial charge in [0.05, 0.1) is 25.0 Å². The Bertz CT molecular complexity index is 1720. The van der Waals surface area contributed by atoms with Crippen LogP contribution in [0.25, 0.3) is 6.08 Å². The summed E-state index contributed by atoms with van der Waals surface area (Å²) in [7, 11) is 2.99. The number of rotatable bonds is 12. The molecule has 0 saturated heterocycles. The number of anilines is 2. The zero-order valence-electron chi connectivity index (χ0n) is 24.7. The zero-order valence-corrected chi connectivity index (χ0v) is 25.5. The number of carbonyl (C=O) groups excluding carboxylic acids is 3. The van der Waals surface area contributed by atoms with E-state index in [1.165, 1.54) is 56.3 Å². The second-order valence-corrected chi connectivity index (χ2v) is 11.0. The van der Waals surface area contributed by atoms with E-state index >= 15 is 0 Å². The van der Waals surface area contributed by atoms with Crippen LogP contribution in [0.4, 0.5) is 11.4 Å². The maximum Gasteiger partial charge on any atom is 0.335 e. The molecule has 1 atom stereocenters. The van der Waals surface area contributed by atoms with Crippen molar-refractivity contribution in [3.05, 3.63) is 119 Å².